The molecule has 118 valence electrons. The second-order valence-electron chi connectivity index (χ2n) is 5.57. The third-order valence-corrected chi connectivity index (χ3v) is 3.98. The Hall–Kier alpha value is -0.820. The highest BCUT2D eigenvalue weighted by Gasteiger charge is 2.49. The van der Waals surface area contributed by atoms with Crippen molar-refractivity contribution in [2.75, 3.05) is 26.2 Å². The number of hydrogen-bond acceptors (Lipinski definition) is 4. The minimum absolute atomic E-state index is 0.0328. The largest absolute Gasteiger partial charge is 0.466 e. The smallest absolute Gasteiger partial charge is 0.415 e. The first-order valence-corrected chi connectivity index (χ1v) is 6.78. The van der Waals surface area contributed by atoms with E-state index in [2.05, 4.69) is 0 Å². The van der Waals surface area contributed by atoms with Gasteiger partial charge in [0.05, 0.1) is 12.0 Å². The maximum Gasteiger partial charge on any atom is 0.415 e. The van der Waals surface area contributed by atoms with Crippen molar-refractivity contribution < 1.29 is 27.8 Å². The summed E-state index contributed by atoms with van der Waals surface area (Å²) in [6.07, 6.45) is -6.56. The minimum atomic E-state index is -4.63. The van der Waals surface area contributed by atoms with Crippen LogP contribution in [-0.4, -0.2) is 54.5 Å². The summed E-state index contributed by atoms with van der Waals surface area (Å²) in [7, 11) is 0. The van der Waals surface area contributed by atoms with Gasteiger partial charge in [-0.1, -0.05) is 13.8 Å². The number of likely N-dealkylation sites (tertiary alicyclic amines) is 1. The van der Waals surface area contributed by atoms with Crippen molar-refractivity contribution in [3.8, 4) is 0 Å². The van der Waals surface area contributed by atoms with Gasteiger partial charge in [0.1, 0.15) is 0 Å². The number of carbonyl (C=O) groups is 1. The van der Waals surface area contributed by atoms with Crippen molar-refractivity contribution >= 4 is 5.97 Å². The van der Waals surface area contributed by atoms with E-state index in [0.29, 0.717) is 13.0 Å². The molecular weight excluding hydrogens is 275 g/mol. The summed E-state index contributed by atoms with van der Waals surface area (Å²) in [5, 5.41) is 9.11. The van der Waals surface area contributed by atoms with E-state index >= 15 is 0 Å². The van der Waals surface area contributed by atoms with E-state index in [9.17, 15) is 18.0 Å². The van der Waals surface area contributed by atoms with Gasteiger partial charge in [0.2, 0.25) is 0 Å². The highest BCUT2D eigenvalue weighted by molar-refractivity contribution is 5.78. The summed E-state index contributed by atoms with van der Waals surface area (Å²) in [5.41, 5.74) is -0.776. The predicted molar refractivity (Wildman–Crippen MR) is 67.0 cm³/mol. The van der Waals surface area contributed by atoms with Crippen molar-refractivity contribution in [1.82, 2.24) is 4.90 Å². The summed E-state index contributed by atoms with van der Waals surface area (Å²) in [6.45, 7) is 5.71. The number of rotatable bonds is 5. The molecule has 0 spiro atoms. The number of alkyl halides is 3. The Balaban J connectivity index is 2.73. The topological polar surface area (TPSA) is 49.8 Å². The van der Waals surface area contributed by atoms with Crippen LogP contribution in [-0.2, 0) is 9.53 Å². The number of esters is 1. The molecule has 2 atom stereocenters. The molecule has 1 saturated heterocycles. The quantitative estimate of drug-likeness (QED) is 0.787. The lowest BCUT2D eigenvalue weighted by Crippen LogP contribution is -2.44. The Labute approximate surface area is 116 Å². The van der Waals surface area contributed by atoms with Gasteiger partial charge in [-0.2, -0.15) is 13.2 Å². The van der Waals surface area contributed by atoms with Crippen LogP contribution in [0.25, 0.3) is 0 Å². The highest BCUT2D eigenvalue weighted by Crippen LogP contribution is 2.39. The van der Waals surface area contributed by atoms with Crippen LogP contribution < -0.4 is 0 Å². The van der Waals surface area contributed by atoms with Crippen molar-refractivity contribution in [2.45, 2.75) is 39.5 Å². The predicted octanol–water partition coefficient (Wildman–Crippen LogP) is 1.82. The Morgan fingerprint density at radius 3 is 2.50 bits per heavy atom. The Kier molecular flexibility index (Phi) is 5.43. The minimum Gasteiger partial charge on any atom is -0.466 e. The number of halogens is 3. The molecule has 0 bridgehead atoms. The zero-order valence-corrected chi connectivity index (χ0v) is 12.0. The van der Waals surface area contributed by atoms with Crippen LogP contribution in [0, 0.1) is 11.3 Å². The molecule has 1 aliphatic heterocycles. The molecule has 0 aromatic carbocycles. The highest BCUT2D eigenvalue weighted by atomic mass is 19.4. The van der Waals surface area contributed by atoms with E-state index in [1.165, 1.54) is 4.90 Å². The zero-order chi connectivity index (χ0) is 15.6. The molecule has 1 N–H and O–H groups in total. The van der Waals surface area contributed by atoms with E-state index in [4.69, 9.17) is 9.84 Å². The summed E-state index contributed by atoms with van der Waals surface area (Å²) in [4.78, 5) is 13.6. The Morgan fingerprint density at radius 2 is 2.05 bits per heavy atom. The van der Waals surface area contributed by atoms with E-state index in [1.807, 2.05) is 13.8 Å². The van der Waals surface area contributed by atoms with E-state index in [1.54, 1.807) is 6.92 Å². The van der Waals surface area contributed by atoms with Crippen molar-refractivity contribution in [3.05, 3.63) is 0 Å². The molecule has 1 aliphatic rings. The fraction of sp³-hybridized carbons (Fsp3) is 0.923. The molecule has 1 fully saturated rings. The lowest BCUT2D eigenvalue weighted by molar-refractivity contribution is -0.207. The molecule has 0 saturated carbocycles. The first-order chi connectivity index (χ1) is 9.13. The fourth-order valence-corrected chi connectivity index (χ4v) is 2.57. The van der Waals surface area contributed by atoms with Gasteiger partial charge in [-0.3, -0.25) is 9.69 Å². The maximum absolute atomic E-state index is 12.4. The second kappa shape index (κ2) is 6.30. The van der Waals surface area contributed by atoms with Gasteiger partial charge in [0, 0.05) is 13.1 Å². The fourth-order valence-electron chi connectivity index (χ4n) is 2.57. The second-order valence-corrected chi connectivity index (χ2v) is 5.57. The molecule has 0 aromatic heterocycles. The molecule has 7 heteroatoms. The average Bonchev–Trinajstić information content (AvgIpc) is 2.73. The van der Waals surface area contributed by atoms with Gasteiger partial charge >= 0.3 is 12.1 Å². The lowest BCUT2D eigenvalue weighted by Gasteiger charge is -2.31. The number of nitrogens with zero attached hydrogens (tertiary/aromatic N) is 1. The van der Waals surface area contributed by atoms with Crippen LogP contribution in [0.1, 0.15) is 27.2 Å². The third kappa shape index (κ3) is 3.63. The standard InChI is InChI=1S/C13H22F3NO3/c1-4-20-11(19)12(9(2)3)5-6-17(8-12)7-10(18)13(14,15)16/h9-10,18H,4-8H2,1-3H3/t10-,12+/m0/s1. The van der Waals surface area contributed by atoms with E-state index in [-0.39, 0.29) is 25.0 Å². The van der Waals surface area contributed by atoms with Gasteiger partial charge in [-0.15, -0.1) is 0 Å². The normalized spacial score (nSPS) is 26.0. The lowest BCUT2D eigenvalue weighted by atomic mass is 9.76. The SMILES string of the molecule is CCOC(=O)[C@]1(C(C)C)CCN(C[C@H](O)C(F)(F)F)C1. The van der Waals surface area contributed by atoms with Crippen LogP contribution in [0.5, 0.6) is 0 Å². The monoisotopic (exact) mass is 297 g/mol. The molecule has 0 unspecified atom stereocenters. The molecule has 20 heavy (non-hydrogen) atoms. The van der Waals surface area contributed by atoms with Gasteiger partial charge in [0.15, 0.2) is 6.10 Å². The molecule has 0 aliphatic carbocycles. The van der Waals surface area contributed by atoms with Gasteiger partial charge < -0.3 is 9.84 Å². The molecule has 1 rings (SSSR count). The molecule has 4 nitrogen and oxygen atoms in total. The number of ether oxygens (including phenoxy) is 1. The zero-order valence-electron chi connectivity index (χ0n) is 12.0. The maximum atomic E-state index is 12.4. The number of aliphatic hydroxyl groups excluding tert-OH is 1. The van der Waals surface area contributed by atoms with Gasteiger partial charge in [-0.25, -0.2) is 0 Å². The van der Waals surface area contributed by atoms with Crippen LogP contribution in [0.15, 0.2) is 0 Å². The van der Waals surface area contributed by atoms with Crippen molar-refractivity contribution in [2.24, 2.45) is 11.3 Å². The Bertz CT molecular complexity index is 346. The van der Waals surface area contributed by atoms with Crippen molar-refractivity contribution in [1.29, 1.82) is 0 Å². The van der Waals surface area contributed by atoms with Gasteiger partial charge in [0.25, 0.3) is 0 Å². The van der Waals surface area contributed by atoms with Crippen LogP contribution in [0.3, 0.4) is 0 Å². The summed E-state index contributed by atoms with van der Waals surface area (Å²) in [5.74, 6) is -0.395. The number of β-amino-alcohol motifs (C(OH)–C–C–N with tert-alkyl or cyclic N) is 1. The Morgan fingerprint density at radius 1 is 1.45 bits per heavy atom. The number of aliphatic hydroxyl groups is 1. The summed E-state index contributed by atoms with van der Waals surface area (Å²) < 4.78 is 42.2. The summed E-state index contributed by atoms with van der Waals surface area (Å²) in [6, 6.07) is 0. The summed E-state index contributed by atoms with van der Waals surface area (Å²) >= 11 is 0. The molecule has 1 heterocycles. The van der Waals surface area contributed by atoms with Gasteiger partial charge in [-0.05, 0) is 25.8 Å². The third-order valence-electron chi connectivity index (χ3n) is 3.98. The first kappa shape index (κ1) is 17.2. The number of carbonyl (C=O) groups excluding carboxylic acids is 1. The van der Waals surface area contributed by atoms with Crippen molar-refractivity contribution in [3.63, 3.8) is 0 Å². The molecule has 0 amide bonds. The van der Waals surface area contributed by atoms with Crippen LogP contribution in [0.4, 0.5) is 13.2 Å². The molecule has 0 radical (unpaired) electrons. The average molecular weight is 297 g/mol. The number of hydrogen-bond donors (Lipinski definition) is 1. The van der Waals surface area contributed by atoms with E-state index < -0.39 is 24.2 Å². The first-order valence-electron chi connectivity index (χ1n) is 6.78. The molecular formula is C13H22F3NO3. The van der Waals surface area contributed by atoms with E-state index in [0.717, 1.165) is 0 Å². The van der Waals surface area contributed by atoms with Crippen LogP contribution >= 0.6 is 0 Å². The van der Waals surface area contributed by atoms with Crippen LogP contribution in [0.2, 0.25) is 0 Å². The molecule has 0 aromatic rings.